The summed E-state index contributed by atoms with van der Waals surface area (Å²) in [6.07, 6.45) is -0.349. The lowest BCUT2D eigenvalue weighted by molar-refractivity contribution is 0.127. The minimum Gasteiger partial charge on any atom is -0.388 e. The number of halogens is 1. The van der Waals surface area contributed by atoms with E-state index in [1.54, 1.807) is 0 Å². The van der Waals surface area contributed by atoms with E-state index in [1.165, 1.54) is 0 Å². The number of rotatable bonds is 2. The summed E-state index contributed by atoms with van der Waals surface area (Å²) < 4.78 is 1.04. The molecule has 66 valence electrons. The molecule has 0 heterocycles. The first-order valence-corrected chi connectivity index (χ1v) is 4.84. The maximum Gasteiger partial charge on any atom is 0.0812 e. The minimum absolute atomic E-state index is 0.270. The average Bonchev–Trinajstić information content (AvgIpc) is 2.04. The maximum atomic E-state index is 9.67. The van der Waals surface area contributed by atoms with Gasteiger partial charge in [0.25, 0.3) is 0 Å². The highest BCUT2D eigenvalue weighted by molar-refractivity contribution is 9.10. The Hall–Kier alpha value is -0.340. The summed E-state index contributed by atoms with van der Waals surface area (Å²) in [5, 5.41) is 9.67. The lowest BCUT2D eigenvalue weighted by Crippen LogP contribution is -2.04. The highest BCUT2D eigenvalue weighted by atomic mass is 79.9. The summed E-state index contributed by atoms with van der Waals surface area (Å²) in [4.78, 5) is 0. The molecule has 1 N–H and O–H groups in total. The first-order chi connectivity index (χ1) is 5.61. The molecule has 0 bridgehead atoms. The van der Waals surface area contributed by atoms with Crippen LogP contribution in [0.3, 0.4) is 0 Å². The van der Waals surface area contributed by atoms with Crippen LogP contribution in [0.2, 0.25) is 0 Å². The smallest absolute Gasteiger partial charge is 0.0812 e. The van der Waals surface area contributed by atoms with E-state index >= 15 is 0 Å². The highest BCUT2D eigenvalue weighted by Gasteiger charge is 2.10. The molecule has 2 heteroatoms. The van der Waals surface area contributed by atoms with Gasteiger partial charge in [-0.05, 0) is 23.6 Å². The first-order valence-electron chi connectivity index (χ1n) is 4.05. The van der Waals surface area contributed by atoms with Gasteiger partial charge in [0.2, 0.25) is 0 Å². The van der Waals surface area contributed by atoms with Gasteiger partial charge in [-0.1, -0.05) is 41.9 Å². The van der Waals surface area contributed by atoms with Gasteiger partial charge in [-0.2, -0.15) is 0 Å². The third-order valence-electron chi connectivity index (χ3n) is 1.84. The molecule has 1 aromatic rings. The third kappa shape index (κ3) is 2.32. The van der Waals surface area contributed by atoms with Gasteiger partial charge >= 0.3 is 0 Å². The van der Waals surface area contributed by atoms with Gasteiger partial charge < -0.3 is 5.11 Å². The molecule has 0 saturated heterocycles. The van der Waals surface area contributed by atoms with Gasteiger partial charge in [0.05, 0.1) is 6.10 Å². The summed E-state index contributed by atoms with van der Waals surface area (Å²) in [7, 11) is 0. The zero-order valence-corrected chi connectivity index (χ0v) is 8.88. The lowest BCUT2D eigenvalue weighted by Gasteiger charge is -2.14. The first kappa shape index (κ1) is 9.75. The fourth-order valence-electron chi connectivity index (χ4n) is 1.04. The topological polar surface area (TPSA) is 20.2 Å². The van der Waals surface area contributed by atoms with E-state index in [0.29, 0.717) is 0 Å². The summed E-state index contributed by atoms with van der Waals surface area (Å²) in [6.45, 7) is 4.01. The van der Waals surface area contributed by atoms with Crippen LogP contribution in [0.1, 0.15) is 25.5 Å². The molecule has 0 unspecified atom stereocenters. The van der Waals surface area contributed by atoms with E-state index < -0.39 is 0 Å². The largest absolute Gasteiger partial charge is 0.388 e. The molecule has 1 atom stereocenters. The van der Waals surface area contributed by atoms with Gasteiger partial charge in [-0.15, -0.1) is 0 Å². The van der Waals surface area contributed by atoms with E-state index in [4.69, 9.17) is 0 Å². The predicted molar refractivity (Wildman–Crippen MR) is 53.9 cm³/mol. The van der Waals surface area contributed by atoms with Crippen LogP contribution in [0, 0.1) is 5.92 Å². The highest BCUT2D eigenvalue weighted by Crippen LogP contribution is 2.22. The summed E-state index contributed by atoms with van der Waals surface area (Å²) in [6, 6.07) is 7.77. The minimum atomic E-state index is -0.349. The number of benzene rings is 1. The van der Waals surface area contributed by atoms with Gasteiger partial charge in [0.1, 0.15) is 0 Å². The standard InChI is InChI=1S/C10H13BrO/c1-7(2)10(12)8-3-5-9(11)6-4-8/h3-7,10,12H,1-2H3/t10-/m1/s1. The Morgan fingerprint density at radius 3 is 2.08 bits per heavy atom. The fourth-order valence-corrected chi connectivity index (χ4v) is 1.31. The molecule has 1 rings (SSSR count). The van der Waals surface area contributed by atoms with Crippen molar-refractivity contribution < 1.29 is 5.11 Å². The van der Waals surface area contributed by atoms with Crippen LogP contribution in [0.4, 0.5) is 0 Å². The molecule has 0 fully saturated rings. The number of aliphatic hydroxyl groups excluding tert-OH is 1. The van der Waals surface area contributed by atoms with Crippen molar-refractivity contribution in [2.75, 3.05) is 0 Å². The molecular weight excluding hydrogens is 216 g/mol. The SMILES string of the molecule is CC(C)[C@@H](O)c1ccc(Br)cc1. The molecule has 0 aliphatic rings. The van der Waals surface area contributed by atoms with E-state index in [9.17, 15) is 5.11 Å². The number of aliphatic hydroxyl groups is 1. The molecule has 0 radical (unpaired) electrons. The maximum absolute atomic E-state index is 9.67. The Morgan fingerprint density at radius 1 is 1.17 bits per heavy atom. The zero-order chi connectivity index (χ0) is 9.14. The van der Waals surface area contributed by atoms with Crippen LogP contribution in [-0.4, -0.2) is 5.11 Å². The molecule has 0 spiro atoms. The second-order valence-corrected chi connectivity index (χ2v) is 4.16. The van der Waals surface area contributed by atoms with Crippen LogP contribution < -0.4 is 0 Å². The van der Waals surface area contributed by atoms with Crippen LogP contribution >= 0.6 is 15.9 Å². The molecular formula is C10H13BrO. The Balaban J connectivity index is 2.82. The normalized spacial score (nSPS) is 13.4. The van der Waals surface area contributed by atoms with Crippen molar-refractivity contribution in [1.29, 1.82) is 0 Å². The lowest BCUT2D eigenvalue weighted by atomic mass is 10.00. The van der Waals surface area contributed by atoms with Crippen LogP contribution in [-0.2, 0) is 0 Å². The van der Waals surface area contributed by atoms with Crippen LogP contribution in [0.25, 0.3) is 0 Å². The van der Waals surface area contributed by atoms with Crippen molar-refractivity contribution in [1.82, 2.24) is 0 Å². The van der Waals surface area contributed by atoms with Gasteiger partial charge in [0.15, 0.2) is 0 Å². The van der Waals surface area contributed by atoms with E-state index in [1.807, 2.05) is 38.1 Å². The van der Waals surface area contributed by atoms with Gasteiger partial charge in [-0.3, -0.25) is 0 Å². The molecule has 0 aliphatic heterocycles. The average molecular weight is 229 g/mol. The fraction of sp³-hybridized carbons (Fsp3) is 0.400. The molecule has 1 aromatic carbocycles. The monoisotopic (exact) mass is 228 g/mol. The van der Waals surface area contributed by atoms with Crippen LogP contribution in [0.5, 0.6) is 0 Å². The number of hydrogen-bond acceptors (Lipinski definition) is 1. The van der Waals surface area contributed by atoms with Gasteiger partial charge in [0, 0.05) is 4.47 Å². The molecule has 1 nitrogen and oxygen atoms in total. The van der Waals surface area contributed by atoms with Crippen molar-refractivity contribution in [2.24, 2.45) is 5.92 Å². The Bertz CT molecular complexity index is 241. The van der Waals surface area contributed by atoms with Crippen molar-refractivity contribution >= 4 is 15.9 Å². The van der Waals surface area contributed by atoms with Gasteiger partial charge in [-0.25, -0.2) is 0 Å². The summed E-state index contributed by atoms with van der Waals surface area (Å²) in [5.74, 6) is 0.270. The summed E-state index contributed by atoms with van der Waals surface area (Å²) in [5.41, 5.74) is 0.980. The second-order valence-electron chi connectivity index (χ2n) is 3.24. The molecule has 0 amide bonds. The second kappa shape index (κ2) is 4.06. The Kier molecular flexibility index (Phi) is 3.29. The van der Waals surface area contributed by atoms with Crippen LogP contribution in [0.15, 0.2) is 28.7 Å². The third-order valence-corrected chi connectivity index (χ3v) is 2.37. The molecule has 0 aliphatic carbocycles. The van der Waals surface area contributed by atoms with E-state index in [0.717, 1.165) is 10.0 Å². The van der Waals surface area contributed by atoms with Crippen molar-refractivity contribution in [3.63, 3.8) is 0 Å². The van der Waals surface area contributed by atoms with Crippen molar-refractivity contribution in [3.05, 3.63) is 34.3 Å². The summed E-state index contributed by atoms with van der Waals surface area (Å²) >= 11 is 3.35. The van der Waals surface area contributed by atoms with E-state index in [-0.39, 0.29) is 12.0 Å². The molecule has 12 heavy (non-hydrogen) atoms. The van der Waals surface area contributed by atoms with Crippen molar-refractivity contribution in [3.8, 4) is 0 Å². The predicted octanol–water partition coefficient (Wildman–Crippen LogP) is 3.14. The zero-order valence-electron chi connectivity index (χ0n) is 7.29. The Morgan fingerprint density at radius 2 is 1.67 bits per heavy atom. The Labute approximate surface area is 81.6 Å². The quantitative estimate of drug-likeness (QED) is 0.825. The molecule has 0 saturated carbocycles. The number of hydrogen-bond donors (Lipinski definition) is 1. The molecule has 0 aromatic heterocycles. The van der Waals surface area contributed by atoms with Crippen molar-refractivity contribution in [2.45, 2.75) is 20.0 Å². The van der Waals surface area contributed by atoms with E-state index in [2.05, 4.69) is 15.9 Å².